The number of nitrogens with zero attached hydrogens (tertiary/aromatic N) is 8. The fraction of sp³-hybridized carbons (Fsp3) is 0.364. The van der Waals surface area contributed by atoms with Crippen molar-refractivity contribution >= 4 is 46.7 Å². The molecule has 8 bridgehead atoms. The lowest BCUT2D eigenvalue weighted by atomic mass is 9.80. The largest absolute Gasteiger partial charge is 0.457 e. The third-order valence-corrected chi connectivity index (χ3v) is 19.1. The Morgan fingerprint density at radius 1 is 0.180 bits per heavy atom. The van der Waals surface area contributed by atoms with Gasteiger partial charge in [0.05, 0.1) is 0 Å². The quantitative estimate of drug-likeness (QED) is 0.150. The van der Waals surface area contributed by atoms with E-state index < -0.39 is 0 Å². The van der Waals surface area contributed by atoms with Crippen LogP contribution in [0.4, 0.5) is 0 Å². The summed E-state index contributed by atoms with van der Waals surface area (Å²) in [6.45, 7) is 53.5. The maximum absolute atomic E-state index is 7.00. The summed E-state index contributed by atoms with van der Waals surface area (Å²) in [4.78, 5) is 43.3. The van der Waals surface area contributed by atoms with E-state index >= 15 is 0 Å². The number of hydrogen-bond acceptors (Lipinski definition) is 12. The molecule has 12 nitrogen and oxygen atoms in total. The Labute approximate surface area is 592 Å². The van der Waals surface area contributed by atoms with Gasteiger partial charge in [-0.15, -0.1) is 0 Å². The zero-order chi connectivity index (χ0) is 71.9. The summed E-state index contributed by atoms with van der Waals surface area (Å²) in [5.41, 5.74) is 13.9. The second kappa shape index (κ2) is 24.0. The van der Waals surface area contributed by atoms with Gasteiger partial charge in [0.1, 0.15) is 46.0 Å². The van der Waals surface area contributed by atoms with Crippen LogP contribution in [0.5, 0.6) is 46.0 Å². The van der Waals surface area contributed by atoms with Crippen LogP contribution < -0.4 is 18.9 Å². The lowest BCUT2D eigenvalue weighted by Gasteiger charge is -2.27. The Bertz CT molecular complexity index is 5010. The number of aliphatic imine (C=N–C) groups is 8. The summed E-state index contributed by atoms with van der Waals surface area (Å²) in [7, 11) is 0. The van der Waals surface area contributed by atoms with Crippen LogP contribution in [-0.2, 0) is 43.3 Å². The van der Waals surface area contributed by atoms with Gasteiger partial charge in [0, 0.05) is 66.8 Å². The van der Waals surface area contributed by atoms with Crippen LogP contribution in [0, 0.1) is 0 Å². The SMILES string of the molecule is CC(C)(C)c1ccc(Oc2ccc3c(c2)C2=NC3=NC3=NC(=NC4=NC(=NC5=NC(=N2)c2ccc(Oc6ccc(C(C)(C)C)cc6C(C)(C)C)cc25)c2ccc(Oc5ccc(C(C)(C)C)cc5C(C)(C)C)cc24)c2cc(Oc4ccc(C(C)(C)C)cc4C(C)(C)C)ccc23)c(C(C)(C)C)c1. The molecule has 0 N–H and O–H groups in total. The second-order valence-corrected chi connectivity index (χ2v) is 35.6. The molecule has 0 fully saturated rings. The van der Waals surface area contributed by atoms with Crippen LogP contribution in [0.25, 0.3) is 0 Å². The number of amidine groups is 8. The van der Waals surface area contributed by atoms with Crippen LogP contribution in [0.2, 0.25) is 0 Å². The molecular formula is C88H96N8O4. The molecule has 5 aliphatic rings. The molecule has 8 aromatic carbocycles. The van der Waals surface area contributed by atoms with E-state index in [0.29, 0.717) is 91.9 Å². The molecule has 100 heavy (non-hydrogen) atoms. The van der Waals surface area contributed by atoms with E-state index in [2.05, 4.69) is 239 Å². The fourth-order valence-corrected chi connectivity index (χ4v) is 13.0. The Kier molecular flexibility index (Phi) is 16.5. The lowest BCUT2D eigenvalue weighted by Crippen LogP contribution is -2.17. The van der Waals surface area contributed by atoms with Crippen molar-refractivity contribution in [1.82, 2.24) is 0 Å². The zero-order valence-electron chi connectivity index (χ0n) is 63.1. The van der Waals surface area contributed by atoms with Gasteiger partial charge < -0.3 is 18.9 Å². The van der Waals surface area contributed by atoms with E-state index in [9.17, 15) is 0 Å². The Morgan fingerprint density at radius 3 is 0.510 bits per heavy atom. The molecule has 512 valence electrons. The summed E-state index contributed by atoms with van der Waals surface area (Å²) in [6.07, 6.45) is 0. The third kappa shape index (κ3) is 13.6. The van der Waals surface area contributed by atoms with E-state index in [0.717, 1.165) is 67.5 Å². The third-order valence-electron chi connectivity index (χ3n) is 19.1. The number of rotatable bonds is 8. The molecule has 5 heterocycles. The summed E-state index contributed by atoms with van der Waals surface area (Å²) in [5.74, 6) is 8.66. The van der Waals surface area contributed by atoms with Gasteiger partial charge in [0.15, 0.2) is 46.7 Å². The Morgan fingerprint density at radius 2 is 0.350 bits per heavy atom. The molecule has 0 aromatic heterocycles. The van der Waals surface area contributed by atoms with Crippen molar-refractivity contribution in [1.29, 1.82) is 0 Å². The second-order valence-electron chi connectivity index (χ2n) is 35.6. The number of fused-ring (bicyclic) bond motifs is 16. The number of hydrogen-bond donors (Lipinski definition) is 0. The molecular weight excluding hydrogens is 1230 g/mol. The molecule has 5 aliphatic heterocycles. The zero-order valence-corrected chi connectivity index (χ0v) is 63.1. The minimum Gasteiger partial charge on any atom is -0.457 e. The van der Waals surface area contributed by atoms with Crippen molar-refractivity contribution in [2.45, 2.75) is 209 Å². The molecule has 0 saturated heterocycles. The highest BCUT2D eigenvalue weighted by Gasteiger charge is 2.36. The van der Waals surface area contributed by atoms with E-state index in [-0.39, 0.29) is 43.3 Å². The standard InChI is InChI=1S/C88H96N8O4/c1-81(2,3)49-25-37-69(65(41-49)85(13,14)15)97-53-29-33-57-61(45-53)77-90-73(57)89-74-58-34-30-55(99-71-39-27-51(83(7,8)9)43-67(71)87(19,20)21)47-63(58)79(91-74)96-80-64-48-56(100-72-40-28-52(84(10,11)12)44-68(72)88(22,23)24)32-36-60(64)76(95-80)94-78-62-46-54(31-35-59(62)75(92-77)93-78)98-70-38-26-50(82(4,5)6)42-66(70)86(16,17)18/h25-48H,1-24H3. The molecule has 0 aliphatic carbocycles. The van der Waals surface area contributed by atoms with Crippen LogP contribution >= 0.6 is 0 Å². The summed E-state index contributed by atoms with van der Waals surface area (Å²) < 4.78 is 28.0. The van der Waals surface area contributed by atoms with Gasteiger partial charge in [0.2, 0.25) is 0 Å². The molecule has 8 aromatic rings. The smallest absolute Gasteiger partial charge is 0.164 e. The summed E-state index contributed by atoms with van der Waals surface area (Å²) in [6, 6.07) is 50.1. The average Bonchev–Trinajstić information content (AvgIpc) is 1.57. The molecule has 0 unspecified atom stereocenters. The topological polar surface area (TPSA) is 136 Å². The predicted molar refractivity (Wildman–Crippen MR) is 414 cm³/mol. The first-order valence-electron chi connectivity index (χ1n) is 35.1. The Hall–Kier alpha value is -9.68. The van der Waals surface area contributed by atoms with Crippen LogP contribution in [0.15, 0.2) is 186 Å². The maximum Gasteiger partial charge on any atom is 0.164 e. The summed E-state index contributed by atoms with van der Waals surface area (Å²) >= 11 is 0. The minimum absolute atomic E-state index is 0.0594. The van der Waals surface area contributed by atoms with Crippen molar-refractivity contribution < 1.29 is 18.9 Å². The molecule has 12 heteroatoms. The first-order valence-corrected chi connectivity index (χ1v) is 35.1. The highest BCUT2D eigenvalue weighted by Crippen LogP contribution is 2.45. The van der Waals surface area contributed by atoms with Crippen molar-refractivity contribution in [3.8, 4) is 46.0 Å². The van der Waals surface area contributed by atoms with Crippen molar-refractivity contribution in [2.24, 2.45) is 39.9 Å². The monoisotopic (exact) mass is 1330 g/mol. The van der Waals surface area contributed by atoms with Gasteiger partial charge in [-0.1, -0.05) is 215 Å². The Balaban J connectivity index is 1.01. The number of ether oxygens (including phenoxy) is 4. The first-order chi connectivity index (χ1) is 46.5. The molecule has 0 amide bonds. The predicted octanol–water partition coefficient (Wildman–Crippen LogP) is 22.4. The van der Waals surface area contributed by atoms with Crippen molar-refractivity contribution in [3.05, 3.63) is 235 Å². The minimum atomic E-state index is -0.230. The van der Waals surface area contributed by atoms with Gasteiger partial charge in [-0.2, -0.15) is 0 Å². The number of benzene rings is 8. The molecule has 0 atom stereocenters. The molecule has 13 rings (SSSR count). The van der Waals surface area contributed by atoms with Gasteiger partial charge in [-0.25, -0.2) is 39.9 Å². The molecule has 0 saturated carbocycles. The first kappa shape index (κ1) is 68.8. The average molecular weight is 1330 g/mol. The normalized spacial score (nSPS) is 15.3. The molecule has 0 spiro atoms. The van der Waals surface area contributed by atoms with Gasteiger partial charge >= 0.3 is 0 Å². The summed E-state index contributed by atoms with van der Waals surface area (Å²) in [5, 5.41) is 0. The van der Waals surface area contributed by atoms with E-state index in [4.69, 9.17) is 58.9 Å². The van der Waals surface area contributed by atoms with E-state index in [1.807, 2.05) is 72.8 Å². The molecule has 0 radical (unpaired) electrons. The lowest BCUT2D eigenvalue weighted by molar-refractivity contribution is 0.452. The van der Waals surface area contributed by atoms with Crippen LogP contribution in [0.1, 0.15) is 255 Å². The fourth-order valence-electron chi connectivity index (χ4n) is 13.0. The van der Waals surface area contributed by atoms with Gasteiger partial charge in [0.25, 0.3) is 0 Å². The van der Waals surface area contributed by atoms with E-state index in [1.165, 1.54) is 22.3 Å². The van der Waals surface area contributed by atoms with Gasteiger partial charge in [-0.3, -0.25) is 0 Å². The maximum atomic E-state index is 7.00. The van der Waals surface area contributed by atoms with Gasteiger partial charge in [-0.05, 0) is 163 Å². The highest BCUT2D eigenvalue weighted by molar-refractivity contribution is 6.35. The van der Waals surface area contributed by atoms with Crippen molar-refractivity contribution in [3.63, 3.8) is 0 Å². The van der Waals surface area contributed by atoms with Crippen LogP contribution in [-0.4, -0.2) is 46.7 Å². The highest BCUT2D eigenvalue weighted by atomic mass is 16.5. The van der Waals surface area contributed by atoms with Crippen molar-refractivity contribution in [2.75, 3.05) is 0 Å². The van der Waals surface area contributed by atoms with E-state index in [1.54, 1.807) is 0 Å². The van der Waals surface area contributed by atoms with Crippen LogP contribution in [0.3, 0.4) is 0 Å².